The number of nitrogens with zero attached hydrogens (tertiary/aromatic N) is 3. The molecule has 1 fully saturated rings. The molecule has 0 saturated carbocycles. The molecule has 4 rings (SSSR count). The number of anilines is 2. The predicted octanol–water partition coefficient (Wildman–Crippen LogP) is 3.81. The molecule has 184 valence electrons. The van der Waals surface area contributed by atoms with Gasteiger partial charge in [0.25, 0.3) is 0 Å². The van der Waals surface area contributed by atoms with Gasteiger partial charge in [0.2, 0.25) is 5.91 Å². The third kappa shape index (κ3) is 4.99. The van der Waals surface area contributed by atoms with Crippen LogP contribution in [0.25, 0.3) is 10.9 Å². The van der Waals surface area contributed by atoms with Crippen molar-refractivity contribution in [3.8, 4) is 11.5 Å². The summed E-state index contributed by atoms with van der Waals surface area (Å²) >= 11 is 5.89. The van der Waals surface area contributed by atoms with Crippen molar-refractivity contribution in [3.63, 3.8) is 0 Å². The molecule has 10 nitrogen and oxygen atoms in total. The normalized spacial score (nSPS) is 17.7. The van der Waals surface area contributed by atoms with E-state index in [2.05, 4.69) is 20.6 Å². The van der Waals surface area contributed by atoms with Gasteiger partial charge in [0.1, 0.15) is 24.3 Å². The van der Waals surface area contributed by atoms with Crippen molar-refractivity contribution in [2.24, 2.45) is 0 Å². The van der Waals surface area contributed by atoms with Crippen LogP contribution in [0.3, 0.4) is 0 Å². The first kappa shape index (κ1) is 24.3. The van der Waals surface area contributed by atoms with E-state index in [0.29, 0.717) is 34.6 Å². The number of carbonyl (C=O) groups is 2. The number of ether oxygens (including phenoxy) is 2. The van der Waals surface area contributed by atoms with Crippen molar-refractivity contribution in [1.29, 1.82) is 0 Å². The van der Waals surface area contributed by atoms with Crippen LogP contribution in [0, 0.1) is 5.82 Å². The number of carboxylic acid groups (broad SMARTS) is 1. The lowest BCUT2D eigenvalue weighted by Crippen LogP contribution is -2.54. The molecule has 0 aliphatic carbocycles. The van der Waals surface area contributed by atoms with Crippen molar-refractivity contribution in [2.45, 2.75) is 25.0 Å². The van der Waals surface area contributed by atoms with Crippen LogP contribution in [-0.2, 0) is 4.79 Å². The minimum Gasteiger partial charge on any atom is -0.493 e. The number of methoxy groups -OCH3 is 1. The summed E-state index contributed by atoms with van der Waals surface area (Å²) in [4.78, 5) is 33.5. The number of hydrogen-bond donors (Lipinski definition) is 3. The minimum absolute atomic E-state index is 0.0302. The van der Waals surface area contributed by atoms with Crippen LogP contribution in [0.1, 0.15) is 12.8 Å². The molecule has 1 aromatic heterocycles. The SMILES string of the molecule is CNC(=O)[C@@H]1C[C@@H](Oc2cc3c(Nc4cccc(Cl)c4F)ncnc3cc2OC)CCN1C(=O)O. The van der Waals surface area contributed by atoms with Crippen molar-refractivity contribution >= 4 is 46.0 Å². The smallest absolute Gasteiger partial charge is 0.407 e. The average molecular weight is 504 g/mol. The number of piperidine rings is 1. The number of aromatic nitrogens is 2. The fourth-order valence-electron chi connectivity index (χ4n) is 4.01. The molecule has 3 aromatic rings. The van der Waals surface area contributed by atoms with Gasteiger partial charge in [0.15, 0.2) is 17.3 Å². The number of fused-ring (bicyclic) bond motifs is 1. The first-order valence-corrected chi connectivity index (χ1v) is 11.1. The lowest BCUT2D eigenvalue weighted by atomic mass is 9.99. The molecule has 0 unspecified atom stereocenters. The predicted molar refractivity (Wildman–Crippen MR) is 127 cm³/mol. The maximum absolute atomic E-state index is 14.5. The molecule has 1 aliphatic rings. The Kier molecular flexibility index (Phi) is 7.06. The molecule has 35 heavy (non-hydrogen) atoms. The van der Waals surface area contributed by atoms with E-state index in [1.54, 1.807) is 18.2 Å². The number of likely N-dealkylation sites (N-methyl/N-ethyl adjacent to an activating group) is 1. The molecule has 0 radical (unpaired) electrons. The highest BCUT2D eigenvalue weighted by molar-refractivity contribution is 6.31. The summed E-state index contributed by atoms with van der Waals surface area (Å²) < 4.78 is 26.1. The number of carbonyl (C=O) groups excluding carboxylic acids is 1. The standard InChI is InChI=1S/C23H23ClFN5O5/c1-26-22(31)17-8-12(6-7-30(17)23(32)33)35-19-9-13-16(10-18(19)34-2)27-11-28-21(13)29-15-5-3-4-14(24)20(15)25/h3-5,9-12,17H,6-8H2,1-2H3,(H,26,31)(H,32,33)(H,27,28,29)/t12-,17-/m0/s1. The Bertz CT molecular complexity index is 1280. The number of halogens is 2. The number of amides is 2. The van der Waals surface area contributed by atoms with Gasteiger partial charge in [-0.3, -0.25) is 9.69 Å². The maximum atomic E-state index is 14.5. The van der Waals surface area contributed by atoms with Crippen LogP contribution >= 0.6 is 11.6 Å². The fraction of sp³-hybridized carbons (Fsp3) is 0.304. The van der Waals surface area contributed by atoms with Gasteiger partial charge in [0, 0.05) is 37.9 Å². The van der Waals surface area contributed by atoms with Crippen molar-refractivity contribution in [2.75, 3.05) is 26.0 Å². The Morgan fingerprint density at radius 3 is 2.77 bits per heavy atom. The summed E-state index contributed by atoms with van der Waals surface area (Å²) in [7, 11) is 2.94. The number of rotatable bonds is 6. The van der Waals surface area contributed by atoms with Gasteiger partial charge < -0.3 is 25.2 Å². The second kappa shape index (κ2) is 10.2. The van der Waals surface area contributed by atoms with Crippen molar-refractivity contribution in [1.82, 2.24) is 20.2 Å². The number of nitrogens with one attached hydrogen (secondary N) is 2. The van der Waals surface area contributed by atoms with E-state index in [-0.39, 0.29) is 23.7 Å². The van der Waals surface area contributed by atoms with E-state index >= 15 is 0 Å². The lowest BCUT2D eigenvalue weighted by molar-refractivity contribution is -0.127. The molecule has 1 aliphatic heterocycles. The first-order chi connectivity index (χ1) is 16.8. The third-order valence-corrected chi connectivity index (χ3v) is 6.06. The topological polar surface area (TPSA) is 126 Å². The van der Waals surface area contributed by atoms with Crippen LogP contribution in [0.2, 0.25) is 5.02 Å². The second-order valence-electron chi connectivity index (χ2n) is 7.84. The van der Waals surface area contributed by atoms with E-state index in [0.717, 1.165) is 4.90 Å². The maximum Gasteiger partial charge on any atom is 0.407 e. The zero-order valence-corrected chi connectivity index (χ0v) is 19.7. The van der Waals surface area contributed by atoms with Gasteiger partial charge >= 0.3 is 6.09 Å². The number of hydrogen-bond acceptors (Lipinski definition) is 7. The molecule has 3 N–H and O–H groups in total. The summed E-state index contributed by atoms with van der Waals surface area (Å²) in [6.45, 7) is 0.137. The summed E-state index contributed by atoms with van der Waals surface area (Å²) in [5.41, 5.74) is 0.670. The summed E-state index contributed by atoms with van der Waals surface area (Å²) in [5, 5.41) is 15.4. The summed E-state index contributed by atoms with van der Waals surface area (Å²) in [5.74, 6) is 0.0562. The summed E-state index contributed by atoms with van der Waals surface area (Å²) in [6, 6.07) is 7.03. The zero-order chi connectivity index (χ0) is 25.1. The van der Waals surface area contributed by atoms with Gasteiger partial charge in [-0.15, -0.1) is 0 Å². The van der Waals surface area contributed by atoms with Gasteiger partial charge in [0.05, 0.1) is 23.3 Å². The molecular weight excluding hydrogens is 481 g/mol. The Hall–Kier alpha value is -3.86. The van der Waals surface area contributed by atoms with Crippen molar-refractivity contribution < 1.29 is 28.6 Å². The molecular formula is C23H23ClFN5O5. The molecule has 2 atom stereocenters. The quantitative estimate of drug-likeness (QED) is 0.463. The monoisotopic (exact) mass is 503 g/mol. The number of benzene rings is 2. The lowest BCUT2D eigenvalue weighted by Gasteiger charge is -2.36. The number of likely N-dealkylation sites (tertiary alicyclic amines) is 1. The van der Waals surface area contributed by atoms with E-state index < -0.39 is 30.0 Å². The molecule has 0 bridgehead atoms. The average Bonchev–Trinajstić information content (AvgIpc) is 2.86. The van der Waals surface area contributed by atoms with E-state index in [4.69, 9.17) is 21.1 Å². The molecule has 2 aromatic carbocycles. The first-order valence-electron chi connectivity index (χ1n) is 10.7. The van der Waals surface area contributed by atoms with Crippen LogP contribution in [0.5, 0.6) is 11.5 Å². The molecule has 2 heterocycles. The van der Waals surface area contributed by atoms with E-state index in [9.17, 15) is 19.1 Å². The zero-order valence-electron chi connectivity index (χ0n) is 18.9. The Morgan fingerprint density at radius 2 is 2.06 bits per heavy atom. The van der Waals surface area contributed by atoms with Crippen LogP contribution < -0.4 is 20.1 Å². The highest BCUT2D eigenvalue weighted by Crippen LogP contribution is 2.37. The highest BCUT2D eigenvalue weighted by Gasteiger charge is 2.37. The highest BCUT2D eigenvalue weighted by atomic mass is 35.5. The molecule has 2 amide bonds. The summed E-state index contributed by atoms with van der Waals surface area (Å²) in [6.07, 6.45) is 0.262. The Labute approximate surface area is 205 Å². The fourth-order valence-corrected chi connectivity index (χ4v) is 4.18. The third-order valence-electron chi connectivity index (χ3n) is 5.77. The van der Waals surface area contributed by atoms with E-state index in [1.165, 1.54) is 32.6 Å². The van der Waals surface area contributed by atoms with Crippen LogP contribution in [0.4, 0.5) is 20.7 Å². The van der Waals surface area contributed by atoms with Gasteiger partial charge in [-0.25, -0.2) is 19.2 Å². The van der Waals surface area contributed by atoms with Crippen LogP contribution in [-0.4, -0.2) is 64.8 Å². The largest absolute Gasteiger partial charge is 0.493 e. The van der Waals surface area contributed by atoms with Gasteiger partial charge in [-0.05, 0) is 18.2 Å². The van der Waals surface area contributed by atoms with Gasteiger partial charge in [-0.2, -0.15) is 0 Å². The van der Waals surface area contributed by atoms with E-state index in [1.807, 2.05) is 0 Å². The Morgan fingerprint density at radius 1 is 1.26 bits per heavy atom. The molecule has 0 spiro atoms. The van der Waals surface area contributed by atoms with Crippen molar-refractivity contribution in [3.05, 3.63) is 47.5 Å². The molecule has 1 saturated heterocycles. The second-order valence-corrected chi connectivity index (χ2v) is 8.25. The van der Waals surface area contributed by atoms with Gasteiger partial charge in [-0.1, -0.05) is 17.7 Å². The Balaban J connectivity index is 1.66. The minimum atomic E-state index is -1.17. The molecule has 12 heteroatoms. The van der Waals surface area contributed by atoms with Crippen LogP contribution in [0.15, 0.2) is 36.7 Å².